The average Bonchev–Trinajstić information content (AvgIpc) is 2.21. The van der Waals surface area contributed by atoms with E-state index in [1.54, 1.807) is 11.8 Å². The van der Waals surface area contributed by atoms with Crippen molar-refractivity contribution in [3.63, 3.8) is 0 Å². The maximum absolute atomic E-state index is 13.3. The number of halogens is 2. The van der Waals surface area contributed by atoms with Crippen LogP contribution in [0.15, 0.2) is 18.2 Å². The van der Waals surface area contributed by atoms with Gasteiger partial charge in [0.25, 0.3) is 0 Å². The predicted octanol–water partition coefficient (Wildman–Crippen LogP) is 0.970. The molecule has 0 atom stereocenters. The summed E-state index contributed by atoms with van der Waals surface area (Å²) in [5, 5.41) is 11.7. The zero-order chi connectivity index (χ0) is 13.3. The van der Waals surface area contributed by atoms with Crippen molar-refractivity contribution in [1.82, 2.24) is 4.90 Å². The number of aliphatic hydroxyl groups is 1. The highest BCUT2D eigenvalue weighted by molar-refractivity contribution is 5.92. The van der Waals surface area contributed by atoms with Crippen molar-refractivity contribution >= 4 is 11.6 Å². The zero-order valence-electron chi connectivity index (χ0n) is 9.91. The number of likely N-dealkylation sites (tertiary alicyclic amines) is 1. The van der Waals surface area contributed by atoms with Crippen molar-refractivity contribution in [2.45, 2.75) is 12.5 Å². The molecule has 1 aliphatic heterocycles. The number of anilines is 1. The molecule has 0 unspecified atom stereocenters. The maximum Gasteiger partial charge on any atom is 0.238 e. The molecule has 1 aromatic carbocycles. The van der Waals surface area contributed by atoms with Crippen LogP contribution in [0.3, 0.4) is 0 Å². The van der Waals surface area contributed by atoms with Crippen LogP contribution in [0.5, 0.6) is 0 Å². The van der Waals surface area contributed by atoms with Crippen LogP contribution >= 0.6 is 0 Å². The van der Waals surface area contributed by atoms with E-state index in [9.17, 15) is 18.7 Å². The largest absolute Gasteiger partial charge is 0.388 e. The highest BCUT2D eigenvalue weighted by atomic mass is 19.1. The summed E-state index contributed by atoms with van der Waals surface area (Å²) in [6.07, 6.45) is 0. The average molecular weight is 256 g/mol. The minimum atomic E-state index is -0.807. The van der Waals surface area contributed by atoms with E-state index in [0.29, 0.717) is 13.1 Å². The minimum Gasteiger partial charge on any atom is -0.388 e. The molecule has 2 rings (SSSR count). The smallest absolute Gasteiger partial charge is 0.238 e. The molecule has 1 aromatic rings. The third kappa shape index (κ3) is 2.83. The number of carbonyl (C=O) groups is 1. The Morgan fingerprint density at radius 1 is 1.44 bits per heavy atom. The first-order valence-electron chi connectivity index (χ1n) is 5.56. The lowest BCUT2D eigenvalue weighted by molar-refractivity contribution is -0.125. The second-order valence-electron chi connectivity index (χ2n) is 4.79. The second-order valence-corrected chi connectivity index (χ2v) is 4.79. The van der Waals surface area contributed by atoms with Crippen molar-refractivity contribution < 1.29 is 18.7 Å². The van der Waals surface area contributed by atoms with Gasteiger partial charge in [0.15, 0.2) is 0 Å². The van der Waals surface area contributed by atoms with E-state index >= 15 is 0 Å². The first kappa shape index (κ1) is 12.9. The van der Waals surface area contributed by atoms with Gasteiger partial charge in [-0.1, -0.05) is 6.07 Å². The highest BCUT2D eigenvalue weighted by Crippen LogP contribution is 2.20. The maximum atomic E-state index is 13.3. The molecule has 1 saturated heterocycles. The zero-order valence-corrected chi connectivity index (χ0v) is 9.91. The van der Waals surface area contributed by atoms with Gasteiger partial charge in [-0.25, -0.2) is 8.78 Å². The SMILES string of the molecule is CC1(O)CN(CC(=O)Nc2c(F)cccc2F)C1. The number of para-hydroxylation sites is 1. The van der Waals surface area contributed by atoms with Gasteiger partial charge in [0.1, 0.15) is 17.3 Å². The lowest BCUT2D eigenvalue weighted by Crippen LogP contribution is -2.61. The quantitative estimate of drug-likeness (QED) is 0.847. The summed E-state index contributed by atoms with van der Waals surface area (Å²) in [5.41, 5.74) is -1.21. The van der Waals surface area contributed by atoms with Crippen molar-refractivity contribution in [3.8, 4) is 0 Å². The highest BCUT2D eigenvalue weighted by Gasteiger charge is 2.37. The molecule has 1 fully saturated rings. The van der Waals surface area contributed by atoms with Crippen LogP contribution in [-0.4, -0.2) is 41.1 Å². The number of amides is 1. The van der Waals surface area contributed by atoms with Gasteiger partial charge in [-0.05, 0) is 19.1 Å². The summed E-state index contributed by atoms with van der Waals surface area (Å²) < 4.78 is 26.5. The van der Waals surface area contributed by atoms with E-state index in [0.717, 1.165) is 12.1 Å². The van der Waals surface area contributed by atoms with Gasteiger partial charge >= 0.3 is 0 Å². The number of hydrogen-bond acceptors (Lipinski definition) is 3. The van der Waals surface area contributed by atoms with Gasteiger partial charge in [0.05, 0.1) is 12.1 Å². The van der Waals surface area contributed by atoms with E-state index in [-0.39, 0.29) is 6.54 Å². The molecule has 2 N–H and O–H groups in total. The summed E-state index contributed by atoms with van der Waals surface area (Å²) >= 11 is 0. The minimum absolute atomic E-state index is 0.00389. The summed E-state index contributed by atoms with van der Waals surface area (Å²) in [5.74, 6) is -2.12. The molecular formula is C12H14F2N2O2. The Hall–Kier alpha value is -1.53. The van der Waals surface area contributed by atoms with E-state index in [1.165, 1.54) is 6.07 Å². The van der Waals surface area contributed by atoms with E-state index in [1.807, 2.05) is 0 Å². The molecule has 0 aromatic heterocycles. The fraction of sp³-hybridized carbons (Fsp3) is 0.417. The van der Waals surface area contributed by atoms with Crippen LogP contribution in [0.25, 0.3) is 0 Å². The Labute approximate surface area is 103 Å². The number of nitrogens with one attached hydrogen (secondary N) is 1. The van der Waals surface area contributed by atoms with Crippen LogP contribution in [0, 0.1) is 11.6 Å². The topological polar surface area (TPSA) is 52.6 Å². The second kappa shape index (κ2) is 4.62. The van der Waals surface area contributed by atoms with Crippen LogP contribution in [0.2, 0.25) is 0 Å². The lowest BCUT2D eigenvalue weighted by Gasteiger charge is -2.43. The first-order valence-corrected chi connectivity index (χ1v) is 5.56. The number of carbonyl (C=O) groups excluding carboxylic acids is 1. The van der Waals surface area contributed by atoms with Crippen LogP contribution in [0.4, 0.5) is 14.5 Å². The number of nitrogens with zero attached hydrogens (tertiary/aromatic N) is 1. The monoisotopic (exact) mass is 256 g/mol. The summed E-state index contributed by atoms with van der Waals surface area (Å²) in [6, 6.07) is 3.38. The van der Waals surface area contributed by atoms with Gasteiger partial charge in [0, 0.05) is 13.1 Å². The van der Waals surface area contributed by atoms with Gasteiger partial charge in [-0.2, -0.15) is 0 Å². The standard InChI is InChI=1S/C12H14F2N2O2/c1-12(18)6-16(7-12)5-10(17)15-11-8(13)3-2-4-9(11)14/h2-4,18H,5-7H2,1H3,(H,15,17). The Morgan fingerprint density at radius 2 is 2.00 bits per heavy atom. The summed E-state index contributed by atoms with van der Waals surface area (Å²) in [6.45, 7) is 2.42. The van der Waals surface area contributed by atoms with Gasteiger partial charge < -0.3 is 10.4 Å². The molecule has 0 saturated carbocycles. The summed E-state index contributed by atoms with van der Waals surface area (Å²) in [4.78, 5) is 13.3. The van der Waals surface area contributed by atoms with E-state index in [2.05, 4.69) is 5.32 Å². The molecule has 1 heterocycles. The van der Waals surface area contributed by atoms with Gasteiger partial charge in [0.2, 0.25) is 5.91 Å². The lowest BCUT2D eigenvalue weighted by atomic mass is 9.97. The molecule has 1 aliphatic rings. The van der Waals surface area contributed by atoms with Crippen molar-refractivity contribution in [2.75, 3.05) is 25.0 Å². The molecule has 0 bridgehead atoms. The molecular weight excluding hydrogens is 242 g/mol. The van der Waals surface area contributed by atoms with Crippen molar-refractivity contribution in [1.29, 1.82) is 0 Å². The molecule has 4 nitrogen and oxygen atoms in total. The Balaban J connectivity index is 1.92. The molecule has 18 heavy (non-hydrogen) atoms. The predicted molar refractivity (Wildman–Crippen MR) is 62.1 cm³/mol. The van der Waals surface area contributed by atoms with Crippen LogP contribution < -0.4 is 5.32 Å². The number of benzene rings is 1. The Kier molecular flexibility index (Phi) is 3.32. The molecule has 6 heteroatoms. The molecule has 0 radical (unpaired) electrons. The van der Waals surface area contributed by atoms with Gasteiger partial charge in [-0.3, -0.25) is 9.69 Å². The Bertz CT molecular complexity index is 449. The van der Waals surface area contributed by atoms with Gasteiger partial charge in [-0.15, -0.1) is 0 Å². The fourth-order valence-electron chi connectivity index (χ4n) is 2.03. The van der Waals surface area contributed by atoms with Crippen LogP contribution in [0.1, 0.15) is 6.92 Å². The first-order chi connectivity index (χ1) is 8.37. The molecule has 1 amide bonds. The van der Waals surface area contributed by atoms with Crippen molar-refractivity contribution in [2.24, 2.45) is 0 Å². The van der Waals surface area contributed by atoms with E-state index < -0.39 is 28.8 Å². The molecule has 0 aliphatic carbocycles. The van der Waals surface area contributed by atoms with Crippen LogP contribution in [-0.2, 0) is 4.79 Å². The number of β-amino-alcohol motifs (C(OH)–C–C–N with tert-alkyl or cyclic N) is 1. The normalized spacial score (nSPS) is 18.2. The summed E-state index contributed by atoms with van der Waals surface area (Å²) in [7, 11) is 0. The number of hydrogen-bond donors (Lipinski definition) is 2. The third-order valence-corrected chi connectivity index (χ3v) is 2.72. The Morgan fingerprint density at radius 3 is 2.50 bits per heavy atom. The fourth-order valence-corrected chi connectivity index (χ4v) is 2.03. The molecule has 0 spiro atoms. The molecule has 98 valence electrons. The van der Waals surface area contributed by atoms with E-state index in [4.69, 9.17) is 0 Å². The third-order valence-electron chi connectivity index (χ3n) is 2.72. The van der Waals surface area contributed by atoms with Crippen molar-refractivity contribution in [3.05, 3.63) is 29.8 Å². The number of rotatable bonds is 3.